The molecule has 0 aromatic carbocycles. The number of nitrogens with zero attached hydrogens (tertiary/aromatic N) is 1. The number of allylic oxidation sites excluding steroid dienone is 1. The third-order valence-corrected chi connectivity index (χ3v) is 1.96. The van der Waals surface area contributed by atoms with Crippen LogP contribution in [0, 0.1) is 0 Å². The van der Waals surface area contributed by atoms with E-state index in [2.05, 4.69) is 15.3 Å². The molecule has 2 N–H and O–H groups in total. The van der Waals surface area contributed by atoms with E-state index in [1.807, 2.05) is 0 Å². The summed E-state index contributed by atoms with van der Waals surface area (Å²) in [4.78, 5) is 26.7. The maximum atomic E-state index is 11.2. The molecule has 0 rings (SSSR count). The molecule has 0 spiro atoms. The highest BCUT2D eigenvalue weighted by Crippen LogP contribution is 2.00. The number of ether oxygens (including phenoxy) is 1. The van der Waals surface area contributed by atoms with Crippen molar-refractivity contribution in [2.75, 3.05) is 13.7 Å². The summed E-state index contributed by atoms with van der Waals surface area (Å²) in [6, 6.07) is 0. The van der Waals surface area contributed by atoms with Gasteiger partial charge in [-0.3, -0.25) is 9.59 Å². The summed E-state index contributed by atoms with van der Waals surface area (Å²) in [6.45, 7) is 1.99. The lowest BCUT2D eigenvalue weighted by Gasteiger charge is -2.06. The van der Waals surface area contributed by atoms with E-state index in [1.54, 1.807) is 13.0 Å². The Labute approximate surface area is 117 Å². The number of hydrogen-bond acceptors (Lipinski definition) is 6. The summed E-state index contributed by atoms with van der Waals surface area (Å²) < 4.78 is 4.70. The summed E-state index contributed by atoms with van der Waals surface area (Å²) in [5, 5.41) is 15.4. The van der Waals surface area contributed by atoms with Gasteiger partial charge in [0.25, 0.3) is 0 Å². The lowest BCUT2D eigenvalue weighted by molar-refractivity contribution is -0.145. The van der Waals surface area contributed by atoms with Crippen molar-refractivity contribution in [2.24, 2.45) is 5.16 Å². The molecule has 0 fully saturated rings. The average molecular weight is 284 g/mol. The van der Waals surface area contributed by atoms with Crippen molar-refractivity contribution in [3.63, 3.8) is 0 Å². The van der Waals surface area contributed by atoms with E-state index in [0.29, 0.717) is 0 Å². The van der Waals surface area contributed by atoms with Crippen LogP contribution in [0.5, 0.6) is 0 Å². The molecule has 0 aliphatic carbocycles. The summed E-state index contributed by atoms with van der Waals surface area (Å²) in [5.74, 6) is -0.790. The molecule has 7 nitrogen and oxygen atoms in total. The van der Waals surface area contributed by atoms with Crippen molar-refractivity contribution < 1.29 is 24.3 Å². The van der Waals surface area contributed by atoms with E-state index < -0.39 is 12.1 Å². The van der Waals surface area contributed by atoms with E-state index in [0.717, 1.165) is 0 Å². The second kappa shape index (κ2) is 11.9. The molecule has 0 bridgehead atoms. The van der Waals surface area contributed by atoms with Gasteiger partial charge in [-0.1, -0.05) is 11.2 Å². The summed E-state index contributed by atoms with van der Waals surface area (Å²) in [5.41, 5.74) is 0. The van der Waals surface area contributed by atoms with Crippen LogP contribution in [-0.4, -0.2) is 43.0 Å². The number of esters is 1. The highest BCUT2D eigenvalue weighted by Gasteiger charge is 2.09. The molecule has 0 saturated carbocycles. The first-order valence-electron chi connectivity index (χ1n) is 6.12. The maximum Gasteiger partial charge on any atom is 0.308 e. The first-order chi connectivity index (χ1) is 9.60. The molecule has 112 valence electrons. The van der Waals surface area contributed by atoms with Crippen LogP contribution >= 0.6 is 0 Å². The standard InChI is InChI=1S/C13H20N2O5/c1-3-20-13(18)10-11(16)6-4-8-14-12(17)7-5-9-15-19-2/h4-5,7-9,11,16H,3,6,10H2,1-2H3,(H,14,17)/b7-5+,8-4+,15-9+/t11-/m0/s1. The molecule has 0 aliphatic rings. The first kappa shape index (κ1) is 17.8. The van der Waals surface area contributed by atoms with Crippen molar-refractivity contribution in [3.8, 4) is 0 Å². The second-order valence-electron chi connectivity index (χ2n) is 3.61. The minimum absolute atomic E-state index is 0.0699. The summed E-state index contributed by atoms with van der Waals surface area (Å²) >= 11 is 0. The number of rotatable bonds is 9. The Hall–Kier alpha value is -2.15. The van der Waals surface area contributed by atoms with Crippen molar-refractivity contribution in [3.05, 3.63) is 24.4 Å². The van der Waals surface area contributed by atoms with Gasteiger partial charge in [-0.25, -0.2) is 0 Å². The topological polar surface area (TPSA) is 97.2 Å². The molecular weight excluding hydrogens is 264 g/mol. The zero-order valence-corrected chi connectivity index (χ0v) is 11.6. The molecule has 0 unspecified atom stereocenters. The SMILES string of the molecule is CCOC(=O)C[C@@H](O)C/C=C/NC(=O)/C=C/C=N/OC. The van der Waals surface area contributed by atoms with Crippen molar-refractivity contribution in [1.29, 1.82) is 0 Å². The zero-order valence-electron chi connectivity index (χ0n) is 11.6. The molecule has 0 radical (unpaired) electrons. The van der Waals surface area contributed by atoms with Gasteiger partial charge in [-0.15, -0.1) is 0 Å². The van der Waals surface area contributed by atoms with Crippen LogP contribution in [-0.2, 0) is 19.2 Å². The van der Waals surface area contributed by atoms with Gasteiger partial charge < -0.3 is 20.0 Å². The minimum atomic E-state index is -0.827. The van der Waals surface area contributed by atoms with Crippen molar-refractivity contribution in [2.45, 2.75) is 25.9 Å². The van der Waals surface area contributed by atoms with E-state index in [9.17, 15) is 14.7 Å². The van der Waals surface area contributed by atoms with Crippen molar-refractivity contribution in [1.82, 2.24) is 5.32 Å². The van der Waals surface area contributed by atoms with Gasteiger partial charge in [0.1, 0.15) is 7.11 Å². The summed E-state index contributed by atoms with van der Waals surface area (Å²) in [6.07, 6.45) is 6.31. The molecule has 0 aliphatic heterocycles. The zero-order chi connectivity index (χ0) is 15.2. The Morgan fingerprint density at radius 3 is 2.85 bits per heavy atom. The molecule has 1 atom stereocenters. The molecule has 7 heteroatoms. The van der Waals surface area contributed by atoms with Crippen molar-refractivity contribution >= 4 is 18.1 Å². The maximum absolute atomic E-state index is 11.2. The molecule has 0 heterocycles. The Morgan fingerprint density at radius 2 is 2.20 bits per heavy atom. The number of carbonyl (C=O) groups is 2. The predicted molar refractivity (Wildman–Crippen MR) is 73.8 cm³/mol. The molecule has 1 amide bonds. The van der Waals surface area contributed by atoms with Gasteiger partial charge in [0.2, 0.25) is 5.91 Å². The molecular formula is C13H20N2O5. The van der Waals surface area contributed by atoms with Gasteiger partial charge in [0.15, 0.2) is 0 Å². The quantitative estimate of drug-likeness (QED) is 0.278. The van der Waals surface area contributed by atoms with Gasteiger partial charge in [0.05, 0.1) is 25.3 Å². The fourth-order valence-corrected chi connectivity index (χ4v) is 1.14. The number of aliphatic hydroxyl groups is 1. The van der Waals surface area contributed by atoms with Crippen LogP contribution in [0.15, 0.2) is 29.6 Å². The predicted octanol–water partition coefficient (Wildman–Crippen LogP) is 0.509. The van der Waals surface area contributed by atoms with E-state index in [4.69, 9.17) is 4.74 Å². The number of amides is 1. The normalized spacial score (nSPS) is 12.9. The largest absolute Gasteiger partial charge is 0.466 e. The highest BCUT2D eigenvalue weighted by molar-refractivity contribution is 5.92. The molecule has 20 heavy (non-hydrogen) atoms. The van der Waals surface area contributed by atoms with E-state index in [1.165, 1.54) is 31.7 Å². The fourth-order valence-electron chi connectivity index (χ4n) is 1.14. The van der Waals surface area contributed by atoms with Crippen LogP contribution in [0.1, 0.15) is 19.8 Å². The first-order valence-corrected chi connectivity index (χ1v) is 6.12. The monoisotopic (exact) mass is 284 g/mol. The van der Waals surface area contributed by atoms with Gasteiger partial charge >= 0.3 is 5.97 Å². The van der Waals surface area contributed by atoms with Crippen LogP contribution in [0.2, 0.25) is 0 Å². The third kappa shape index (κ3) is 11.0. The molecule has 0 aromatic rings. The Kier molecular flexibility index (Phi) is 10.6. The third-order valence-electron chi connectivity index (χ3n) is 1.96. The fraction of sp³-hybridized carbons (Fsp3) is 0.462. The number of oxime groups is 1. The Morgan fingerprint density at radius 1 is 1.45 bits per heavy atom. The number of hydrogen-bond donors (Lipinski definition) is 2. The van der Waals surface area contributed by atoms with Gasteiger partial charge in [-0.2, -0.15) is 0 Å². The average Bonchev–Trinajstić information content (AvgIpc) is 2.40. The number of carbonyl (C=O) groups excluding carboxylic acids is 2. The molecule has 0 saturated heterocycles. The Balaban J connectivity index is 3.84. The van der Waals surface area contributed by atoms with Gasteiger partial charge in [-0.05, 0) is 19.4 Å². The number of nitrogens with one attached hydrogen (secondary N) is 1. The van der Waals surface area contributed by atoms with Crippen LogP contribution in [0.3, 0.4) is 0 Å². The smallest absolute Gasteiger partial charge is 0.308 e. The van der Waals surface area contributed by atoms with E-state index in [-0.39, 0.29) is 25.4 Å². The molecule has 0 aromatic heterocycles. The van der Waals surface area contributed by atoms with Crippen LogP contribution in [0.4, 0.5) is 0 Å². The Bertz CT molecular complexity index is 377. The minimum Gasteiger partial charge on any atom is -0.466 e. The highest BCUT2D eigenvalue weighted by atomic mass is 16.6. The van der Waals surface area contributed by atoms with Crippen LogP contribution in [0.25, 0.3) is 0 Å². The second-order valence-corrected chi connectivity index (χ2v) is 3.61. The van der Waals surface area contributed by atoms with Gasteiger partial charge in [0, 0.05) is 12.3 Å². The summed E-state index contributed by atoms with van der Waals surface area (Å²) in [7, 11) is 1.40. The van der Waals surface area contributed by atoms with E-state index >= 15 is 0 Å². The van der Waals surface area contributed by atoms with Crippen LogP contribution < -0.4 is 5.32 Å². The number of aliphatic hydroxyl groups excluding tert-OH is 1. The lowest BCUT2D eigenvalue weighted by atomic mass is 10.2. The lowest BCUT2D eigenvalue weighted by Crippen LogP contribution is -2.16.